The molecule has 1 amide bonds. The largest absolute Gasteiger partial charge is 0.475 e. The minimum atomic E-state index is -3.79. The number of unbranched alkanes of at least 4 members (excludes halogenated alkanes) is 14. The third-order valence-corrected chi connectivity index (χ3v) is 8.60. The van der Waals surface area contributed by atoms with Crippen LogP contribution >= 0.6 is 7.82 Å². The van der Waals surface area contributed by atoms with E-state index in [2.05, 4.69) is 25.7 Å². The molecule has 0 aromatic heterocycles. The summed E-state index contributed by atoms with van der Waals surface area (Å²) in [7, 11) is -3.79. The van der Waals surface area contributed by atoms with Crippen LogP contribution in [0.1, 0.15) is 149 Å². The topological polar surface area (TPSA) is 103 Å². The maximum atomic E-state index is 13.0. The standard InChI is InChI=1S/C33H66NO7P/c1-5-9-11-13-14-15-16-17-18-20-22-24-33(36)34-31(30-41-42(37,39-26-7-3)40-27-8-4)29-38-28-25-32(35)23-21-19-12-10-6-2/h7,31-32,35H,3,5-6,8-30H2,1-2,4H3,(H,34,36)/t31-,32+,42?/m0/s1. The van der Waals surface area contributed by atoms with Crippen molar-refractivity contribution in [3.63, 3.8) is 0 Å². The van der Waals surface area contributed by atoms with Crippen molar-refractivity contribution in [2.45, 2.75) is 161 Å². The number of carbonyl (C=O) groups excluding carboxylic acids is 1. The number of hydrogen-bond acceptors (Lipinski definition) is 7. The van der Waals surface area contributed by atoms with Crippen molar-refractivity contribution in [3.05, 3.63) is 12.7 Å². The lowest BCUT2D eigenvalue weighted by molar-refractivity contribution is -0.122. The molecular formula is C33H66NO7P. The summed E-state index contributed by atoms with van der Waals surface area (Å²) in [5.74, 6) is -0.0773. The van der Waals surface area contributed by atoms with E-state index in [-0.39, 0.29) is 32.3 Å². The van der Waals surface area contributed by atoms with Gasteiger partial charge >= 0.3 is 7.82 Å². The van der Waals surface area contributed by atoms with Gasteiger partial charge in [-0.2, -0.15) is 0 Å². The number of phosphoric acid groups is 1. The average molecular weight is 620 g/mol. The lowest BCUT2D eigenvalue weighted by Crippen LogP contribution is -2.41. The first kappa shape index (κ1) is 41.2. The lowest BCUT2D eigenvalue weighted by atomic mass is 10.1. The Balaban J connectivity index is 4.56. The van der Waals surface area contributed by atoms with Gasteiger partial charge in [0.25, 0.3) is 0 Å². The predicted octanol–water partition coefficient (Wildman–Crippen LogP) is 9.05. The number of ether oxygens (including phenoxy) is 1. The van der Waals surface area contributed by atoms with Gasteiger partial charge in [0.15, 0.2) is 0 Å². The summed E-state index contributed by atoms with van der Waals surface area (Å²) in [5.41, 5.74) is 0. The maximum Gasteiger partial charge on any atom is 0.475 e. The Kier molecular flexibility index (Phi) is 29.7. The van der Waals surface area contributed by atoms with Crippen molar-refractivity contribution < 1.29 is 32.8 Å². The third-order valence-electron chi connectivity index (χ3n) is 7.17. The number of rotatable bonds is 33. The van der Waals surface area contributed by atoms with Crippen LogP contribution in [0.3, 0.4) is 0 Å². The number of hydrogen-bond donors (Lipinski definition) is 2. The Bertz CT molecular complexity index is 664. The van der Waals surface area contributed by atoms with Crippen molar-refractivity contribution in [1.82, 2.24) is 5.32 Å². The first-order valence-electron chi connectivity index (χ1n) is 17.1. The lowest BCUT2D eigenvalue weighted by Gasteiger charge is -2.23. The molecule has 0 fully saturated rings. The number of aliphatic hydroxyl groups is 1. The fourth-order valence-corrected chi connectivity index (χ4v) is 5.87. The van der Waals surface area contributed by atoms with Crippen LogP contribution in [0.5, 0.6) is 0 Å². The molecule has 42 heavy (non-hydrogen) atoms. The molecule has 0 radical (unpaired) electrons. The van der Waals surface area contributed by atoms with Crippen molar-refractivity contribution in [3.8, 4) is 0 Å². The first-order chi connectivity index (χ1) is 20.4. The zero-order valence-corrected chi connectivity index (χ0v) is 28.4. The highest BCUT2D eigenvalue weighted by Gasteiger charge is 2.28. The van der Waals surface area contributed by atoms with E-state index in [0.717, 1.165) is 38.5 Å². The van der Waals surface area contributed by atoms with Crippen molar-refractivity contribution in [1.29, 1.82) is 0 Å². The van der Waals surface area contributed by atoms with Crippen LogP contribution < -0.4 is 5.32 Å². The summed E-state index contributed by atoms with van der Waals surface area (Å²) < 4.78 is 35.1. The van der Waals surface area contributed by atoms with E-state index in [1.165, 1.54) is 76.7 Å². The van der Waals surface area contributed by atoms with Gasteiger partial charge in [-0.25, -0.2) is 4.57 Å². The smallest absolute Gasteiger partial charge is 0.393 e. The SMILES string of the molecule is C=CCOP(=O)(OCCC)OC[C@H](COCC[C@H](O)CCCCCCC)NC(=O)CCCCCCCCCCCCC. The van der Waals surface area contributed by atoms with Crippen LogP contribution in [0, 0.1) is 0 Å². The quantitative estimate of drug-likeness (QED) is 0.0429. The van der Waals surface area contributed by atoms with Gasteiger partial charge in [-0.3, -0.25) is 18.4 Å². The number of amides is 1. The summed E-state index contributed by atoms with van der Waals surface area (Å²) in [4.78, 5) is 12.7. The van der Waals surface area contributed by atoms with E-state index < -0.39 is 20.0 Å². The van der Waals surface area contributed by atoms with E-state index in [4.69, 9.17) is 18.3 Å². The van der Waals surface area contributed by atoms with Gasteiger partial charge in [0.2, 0.25) is 5.91 Å². The Hall–Kier alpha value is -0.760. The predicted molar refractivity (Wildman–Crippen MR) is 174 cm³/mol. The fourth-order valence-electron chi connectivity index (χ4n) is 4.59. The monoisotopic (exact) mass is 619 g/mol. The van der Waals surface area contributed by atoms with Crippen LogP contribution in [0.4, 0.5) is 0 Å². The molecule has 0 bridgehead atoms. The van der Waals surface area contributed by atoms with Crippen LogP contribution in [-0.4, -0.2) is 56.2 Å². The first-order valence-corrected chi connectivity index (χ1v) is 18.6. The van der Waals surface area contributed by atoms with Crippen molar-refractivity contribution >= 4 is 13.7 Å². The number of carbonyl (C=O) groups is 1. The van der Waals surface area contributed by atoms with Gasteiger partial charge in [-0.1, -0.05) is 123 Å². The molecule has 1 unspecified atom stereocenters. The second-order valence-electron chi connectivity index (χ2n) is 11.4. The van der Waals surface area contributed by atoms with Gasteiger partial charge in [0, 0.05) is 13.0 Å². The Morgan fingerprint density at radius 1 is 0.738 bits per heavy atom. The highest BCUT2D eigenvalue weighted by molar-refractivity contribution is 7.48. The summed E-state index contributed by atoms with van der Waals surface area (Å²) in [6.07, 6.45) is 22.8. The van der Waals surface area contributed by atoms with Crippen LogP contribution in [-0.2, 0) is 27.7 Å². The van der Waals surface area contributed by atoms with E-state index in [1.54, 1.807) is 0 Å². The molecule has 3 atom stereocenters. The van der Waals surface area contributed by atoms with Gasteiger partial charge in [-0.05, 0) is 25.7 Å². The molecule has 8 nitrogen and oxygen atoms in total. The third kappa shape index (κ3) is 26.8. The van der Waals surface area contributed by atoms with Crippen LogP contribution in [0.2, 0.25) is 0 Å². The zero-order chi connectivity index (χ0) is 31.2. The normalized spacial score (nSPS) is 14.4. The molecule has 0 saturated heterocycles. The molecule has 250 valence electrons. The molecule has 0 spiro atoms. The van der Waals surface area contributed by atoms with Crippen LogP contribution in [0.25, 0.3) is 0 Å². The summed E-state index contributed by atoms with van der Waals surface area (Å²) in [6.45, 7) is 10.7. The highest BCUT2D eigenvalue weighted by atomic mass is 31.2. The highest BCUT2D eigenvalue weighted by Crippen LogP contribution is 2.49. The number of nitrogens with one attached hydrogen (secondary N) is 1. The van der Waals surface area contributed by atoms with Gasteiger partial charge < -0.3 is 15.2 Å². The maximum absolute atomic E-state index is 13.0. The minimum absolute atomic E-state index is 0.0315. The molecule has 0 aliphatic carbocycles. The van der Waals surface area contributed by atoms with Gasteiger partial charge in [0.1, 0.15) is 0 Å². The number of phosphoric ester groups is 1. The second-order valence-corrected chi connectivity index (χ2v) is 13.1. The summed E-state index contributed by atoms with van der Waals surface area (Å²) in [6, 6.07) is -0.512. The molecular weight excluding hydrogens is 553 g/mol. The molecule has 0 aromatic carbocycles. The summed E-state index contributed by atoms with van der Waals surface area (Å²) in [5, 5.41) is 13.2. The molecule has 2 N–H and O–H groups in total. The molecule has 0 aromatic rings. The molecule has 0 rings (SSSR count). The molecule has 0 aliphatic rings. The Morgan fingerprint density at radius 3 is 1.88 bits per heavy atom. The zero-order valence-electron chi connectivity index (χ0n) is 27.5. The average Bonchev–Trinajstić information content (AvgIpc) is 2.98. The Morgan fingerprint density at radius 2 is 1.31 bits per heavy atom. The van der Waals surface area contributed by atoms with E-state index in [1.807, 2.05) is 6.92 Å². The van der Waals surface area contributed by atoms with Crippen molar-refractivity contribution in [2.24, 2.45) is 0 Å². The summed E-state index contributed by atoms with van der Waals surface area (Å²) >= 11 is 0. The molecule has 0 saturated carbocycles. The molecule has 0 aliphatic heterocycles. The van der Waals surface area contributed by atoms with E-state index in [9.17, 15) is 14.5 Å². The van der Waals surface area contributed by atoms with Gasteiger partial charge in [-0.15, -0.1) is 6.58 Å². The van der Waals surface area contributed by atoms with Gasteiger partial charge in [0.05, 0.1) is 38.6 Å². The van der Waals surface area contributed by atoms with E-state index in [0.29, 0.717) is 25.9 Å². The second kappa shape index (κ2) is 30.3. The molecule has 9 heteroatoms. The Labute approximate surface area is 258 Å². The van der Waals surface area contributed by atoms with Crippen LogP contribution in [0.15, 0.2) is 12.7 Å². The van der Waals surface area contributed by atoms with E-state index >= 15 is 0 Å². The minimum Gasteiger partial charge on any atom is -0.393 e. The van der Waals surface area contributed by atoms with Crippen molar-refractivity contribution in [2.75, 3.05) is 33.0 Å². The number of aliphatic hydroxyl groups excluding tert-OH is 1. The molecule has 0 heterocycles. The fraction of sp³-hybridized carbons (Fsp3) is 0.909.